The number of aliphatic carboxylic acids is 1. The molecule has 0 radical (unpaired) electrons. The minimum absolute atomic E-state index is 0.0947. The predicted molar refractivity (Wildman–Crippen MR) is 71.7 cm³/mol. The van der Waals surface area contributed by atoms with E-state index in [0.717, 1.165) is 6.54 Å². The normalized spacial score (nSPS) is 28.1. The SMILES string of the molecule is O=C(O)CCCNC(=O)NCC1CC2C=CC1CC2. The zero-order valence-electron chi connectivity index (χ0n) is 11.1. The van der Waals surface area contributed by atoms with E-state index in [9.17, 15) is 9.59 Å². The van der Waals surface area contributed by atoms with E-state index in [1.165, 1.54) is 19.3 Å². The maximum atomic E-state index is 11.5. The third-order valence-corrected chi connectivity index (χ3v) is 4.09. The van der Waals surface area contributed by atoms with Gasteiger partial charge in [-0.3, -0.25) is 4.79 Å². The number of hydrogen-bond donors (Lipinski definition) is 3. The first-order chi connectivity index (χ1) is 9.15. The van der Waals surface area contributed by atoms with Crippen LogP contribution in [0.25, 0.3) is 0 Å². The number of allylic oxidation sites excluding steroid dienone is 2. The molecule has 0 aliphatic heterocycles. The van der Waals surface area contributed by atoms with Crippen molar-refractivity contribution in [2.75, 3.05) is 13.1 Å². The molecule has 2 bridgehead atoms. The van der Waals surface area contributed by atoms with Gasteiger partial charge in [-0.1, -0.05) is 12.2 Å². The maximum Gasteiger partial charge on any atom is 0.314 e. The van der Waals surface area contributed by atoms with Gasteiger partial charge in [0.05, 0.1) is 0 Å². The lowest BCUT2D eigenvalue weighted by Gasteiger charge is -2.38. The average Bonchev–Trinajstić information content (AvgIpc) is 2.42. The van der Waals surface area contributed by atoms with Gasteiger partial charge in [-0.2, -0.15) is 0 Å². The molecule has 3 atom stereocenters. The molecule has 0 aromatic rings. The Balaban J connectivity index is 1.59. The largest absolute Gasteiger partial charge is 0.481 e. The van der Waals surface area contributed by atoms with Crippen LogP contribution in [-0.2, 0) is 4.79 Å². The summed E-state index contributed by atoms with van der Waals surface area (Å²) in [4.78, 5) is 21.9. The number of carbonyl (C=O) groups excluding carboxylic acids is 1. The summed E-state index contributed by atoms with van der Waals surface area (Å²) in [5.74, 6) is 1.06. The summed E-state index contributed by atoms with van der Waals surface area (Å²) in [5, 5.41) is 14.1. The fraction of sp³-hybridized carbons (Fsp3) is 0.714. The highest BCUT2D eigenvalue weighted by Crippen LogP contribution is 2.39. The smallest absolute Gasteiger partial charge is 0.314 e. The monoisotopic (exact) mass is 266 g/mol. The maximum absolute atomic E-state index is 11.5. The van der Waals surface area contributed by atoms with Gasteiger partial charge in [0.25, 0.3) is 0 Å². The Labute approximate surface area is 113 Å². The first kappa shape index (κ1) is 13.9. The van der Waals surface area contributed by atoms with Crippen molar-refractivity contribution in [1.82, 2.24) is 10.6 Å². The minimum Gasteiger partial charge on any atom is -0.481 e. The fourth-order valence-electron chi connectivity index (χ4n) is 3.01. The van der Waals surface area contributed by atoms with Crippen LogP contribution < -0.4 is 10.6 Å². The van der Waals surface area contributed by atoms with Gasteiger partial charge in [0.15, 0.2) is 0 Å². The van der Waals surface area contributed by atoms with E-state index in [1.807, 2.05) is 0 Å². The van der Waals surface area contributed by atoms with E-state index in [-0.39, 0.29) is 12.5 Å². The van der Waals surface area contributed by atoms with Crippen molar-refractivity contribution in [2.24, 2.45) is 17.8 Å². The van der Waals surface area contributed by atoms with E-state index in [4.69, 9.17) is 5.11 Å². The van der Waals surface area contributed by atoms with Gasteiger partial charge < -0.3 is 15.7 Å². The molecular formula is C14H22N2O3. The van der Waals surface area contributed by atoms with Crippen molar-refractivity contribution in [2.45, 2.75) is 32.1 Å². The molecule has 1 fully saturated rings. The van der Waals surface area contributed by atoms with Crippen LogP contribution in [0.5, 0.6) is 0 Å². The summed E-state index contributed by atoms with van der Waals surface area (Å²) in [7, 11) is 0. The molecular weight excluding hydrogens is 244 g/mol. The van der Waals surface area contributed by atoms with Crippen LogP contribution >= 0.6 is 0 Å². The number of carbonyl (C=O) groups is 2. The van der Waals surface area contributed by atoms with E-state index < -0.39 is 5.97 Å². The average molecular weight is 266 g/mol. The molecule has 2 amide bonds. The highest BCUT2D eigenvalue weighted by Gasteiger charge is 2.31. The number of hydrogen-bond acceptors (Lipinski definition) is 2. The van der Waals surface area contributed by atoms with Crippen molar-refractivity contribution >= 4 is 12.0 Å². The van der Waals surface area contributed by atoms with Crippen LogP contribution in [-0.4, -0.2) is 30.2 Å². The number of amides is 2. The second kappa shape index (κ2) is 6.59. The molecule has 0 heterocycles. The van der Waals surface area contributed by atoms with Gasteiger partial charge in [-0.25, -0.2) is 4.79 Å². The molecule has 106 valence electrons. The summed E-state index contributed by atoms with van der Waals surface area (Å²) in [6, 6.07) is -0.184. The van der Waals surface area contributed by atoms with Crippen LogP contribution in [0.3, 0.4) is 0 Å². The van der Waals surface area contributed by atoms with Gasteiger partial charge in [0, 0.05) is 19.5 Å². The van der Waals surface area contributed by atoms with Crippen LogP contribution in [0.4, 0.5) is 4.79 Å². The topological polar surface area (TPSA) is 78.4 Å². The molecule has 0 aromatic heterocycles. The Morgan fingerprint density at radius 1 is 1.21 bits per heavy atom. The number of carboxylic acid groups (broad SMARTS) is 1. The highest BCUT2D eigenvalue weighted by atomic mass is 16.4. The van der Waals surface area contributed by atoms with Crippen molar-refractivity contribution in [3.05, 3.63) is 12.2 Å². The number of carboxylic acids is 1. The summed E-state index contributed by atoms with van der Waals surface area (Å²) in [5.41, 5.74) is 0. The molecule has 0 saturated heterocycles. The first-order valence-electron chi connectivity index (χ1n) is 7.07. The Hall–Kier alpha value is -1.52. The molecule has 3 N–H and O–H groups in total. The lowest BCUT2D eigenvalue weighted by Crippen LogP contribution is -2.42. The summed E-state index contributed by atoms with van der Waals surface area (Å²) in [6.07, 6.45) is 8.90. The number of fused-ring (bicyclic) bond motifs is 2. The Morgan fingerprint density at radius 2 is 2.05 bits per heavy atom. The highest BCUT2D eigenvalue weighted by molar-refractivity contribution is 5.73. The molecule has 0 aromatic carbocycles. The third-order valence-electron chi connectivity index (χ3n) is 4.09. The number of urea groups is 1. The zero-order chi connectivity index (χ0) is 13.7. The molecule has 19 heavy (non-hydrogen) atoms. The molecule has 5 heteroatoms. The zero-order valence-corrected chi connectivity index (χ0v) is 11.1. The standard InChI is InChI=1S/C14H22N2O3/c17-13(18)2-1-7-15-14(19)16-9-12-8-10-3-5-11(12)6-4-10/h3,5,10-12H,1-2,4,6-9H2,(H,17,18)(H2,15,16,19). The van der Waals surface area contributed by atoms with Gasteiger partial charge in [0.2, 0.25) is 0 Å². The van der Waals surface area contributed by atoms with E-state index in [1.54, 1.807) is 0 Å². The lowest BCUT2D eigenvalue weighted by molar-refractivity contribution is -0.137. The Bertz CT molecular complexity index is 368. The second-order valence-corrected chi connectivity index (χ2v) is 5.52. The molecule has 5 nitrogen and oxygen atoms in total. The quantitative estimate of drug-likeness (QED) is 0.506. The van der Waals surface area contributed by atoms with Gasteiger partial charge in [0.1, 0.15) is 0 Å². The number of rotatable bonds is 6. The third kappa shape index (κ3) is 4.26. The lowest BCUT2D eigenvalue weighted by atomic mass is 9.69. The summed E-state index contributed by atoms with van der Waals surface area (Å²) < 4.78 is 0. The molecule has 3 rings (SSSR count). The van der Waals surface area contributed by atoms with Gasteiger partial charge >= 0.3 is 12.0 Å². The molecule has 3 unspecified atom stereocenters. The molecule has 0 spiro atoms. The summed E-state index contributed by atoms with van der Waals surface area (Å²) >= 11 is 0. The second-order valence-electron chi connectivity index (χ2n) is 5.52. The van der Waals surface area contributed by atoms with E-state index in [0.29, 0.717) is 30.7 Å². The van der Waals surface area contributed by atoms with Gasteiger partial charge in [-0.15, -0.1) is 0 Å². The van der Waals surface area contributed by atoms with Gasteiger partial charge in [-0.05, 0) is 43.4 Å². The van der Waals surface area contributed by atoms with Crippen LogP contribution in [0, 0.1) is 17.8 Å². The van der Waals surface area contributed by atoms with Crippen molar-refractivity contribution in [1.29, 1.82) is 0 Å². The first-order valence-corrected chi connectivity index (χ1v) is 7.07. The van der Waals surface area contributed by atoms with Crippen molar-refractivity contribution in [3.8, 4) is 0 Å². The van der Waals surface area contributed by atoms with Crippen molar-refractivity contribution in [3.63, 3.8) is 0 Å². The predicted octanol–water partition coefficient (Wildman–Crippen LogP) is 1.75. The molecule has 3 aliphatic carbocycles. The van der Waals surface area contributed by atoms with Crippen LogP contribution in [0.15, 0.2) is 12.2 Å². The molecule has 1 saturated carbocycles. The summed E-state index contributed by atoms with van der Waals surface area (Å²) in [6.45, 7) is 1.13. The van der Waals surface area contributed by atoms with E-state index in [2.05, 4.69) is 22.8 Å². The van der Waals surface area contributed by atoms with E-state index >= 15 is 0 Å². The number of nitrogens with one attached hydrogen (secondary N) is 2. The Kier molecular flexibility index (Phi) is 4.82. The Morgan fingerprint density at radius 3 is 2.63 bits per heavy atom. The molecule has 3 aliphatic rings. The fourth-order valence-corrected chi connectivity index (χ4v) is 3.01. The minimum atomic E-state index is -0.827. The van der Waals surface area contributed by atoms with Crippen LogP contribution in [0.1, 0.15) is 32.1 Å². The van der Waals surface area contributed by atoms with Crippen molar-refractivity contribution < 1.29 is 14.7 Å². The van der Waals surface area contributed by atoms with Crippen LogP contribution in [0.2, 0.25) is 0 Å².